The summed E-state index contributed by atoms with van der Waals surface area (Å²) < 4.78 is 39.9. The first-order valence-electron chi connectivity index (χ1n) is 10.5. The first-order valence-corrected chi connectivity index (χ1v) is 10.5. The summed E-state index contributed by atoms with van der Waals surface area (Å²) in [5.74, 6) is -0.790. The maximum atomic E-state index is 13.4. The second-order valence-electron chi connectivity index (χ2n) is 7.50. The van der Waals surface area contributed by atoms with Gasteiger partial charge in [0.15, 0.2) is 0 Å². The topological polar surface area (TPSA) is 76.1 Å². The highest BCUT2D eigenvalue weighted by Gasteiger charge is 2.32. The number of piperazine rings is 1. The molecule has 2 N–H and O–H groups in total. The second-order valence-corrected chi connectivity index (χ2v) is 7.50. The minimum absolute atomic E-state index is 0.0187. The Bertz CT molecular complexity index is 920. The minimum atomic E-state index is -4.55. The predicted molar refractivity (Wildman–Crippen MR) is 120 cm³/mol. The van der Waals surface area contributed by atoms with Gasteiger partial charge in [-0.25, -0.2) is 10.3 Å². The number of carbonyl (C=O) groups excluding carboxylic acids is 2. The number of rotatable bonds is 7. The van der Waals surface area contributed by atoms with Crippen LogP contribution in [0.1, 0.15) is 19.4 Å². The Labute approximate surface area is 191 Å². The number of hydrogen-bond donors (Lipinski definition) is 2. The van der Waals surface area contributed by atoms with Gasteiger partial charge in [-0.3, -0.25) is 14.9 Å². The van der Waals surface area contributed by atoms with E-state index in [0.717, 1.165) is 18.7 Å². The lowest BCUT2D eigenvalue weighted by Crippen LogP contribution is -2.53. The van der Waals surface area contributed by atoms with E-state index in [1.165, 1.54) is 34.7 Å². The van der Waals surface area contributed by atoms with Crippen LogP contribution in [0.25, 0.3) is 0 Å². The Morgan fingerprint density at radius 2 is 1.88 bits per heavy atom. The number of urea groups is 1. The van der Waals surface area contributed by atoms with Gasteiger partial charge in [0.1, 0.15) is 0 Å². The molecule has 1 saturated heterocycles. The number of nitrogens with one attached hydrogen (secondary N) is 1. The van der Waals surface area contributed by atoms with Crippen molar-refractivity contribution in [1.82, 2.24) is 15.3 Å². The number of carbonyl (C=O) groups is 2. The molecule has 7 nitrogen and oxygen atoms in total. The summed E-state index contributed by atoms with van der Waals surface area (Å²) in [6.45, 7) is 10.4. The van der Waals surface area contributed by atoms with Crippen LogP contribution in [0.3, 0.4) is 0 Å². The van der Waals surface area contributed by atoms with Gasteiger partial charge in [0.25, 0.3) is 5.91 Å². The molecule has 0 spiro atoms. The standard InChI is InChI=1S/C23H29F3N4O3/c1-4-18(10-9-17(3)21(31)27-33)16-30(20-8-6-7-19(15-20)23(24,25)26)22(32)29-13-11-28(5-2)12-14-29/h4,6-10,15,33H,3,5,11-14,16H2,1-2H3,(H,27,31)/b10-9-,18-4+. The summed E-state index contributed by atoms with van der Waals surface area (Å²) in [4.78, 5) is 29.9. The van der Waals surface area contributed by atoms with E-state index in [2.05, 4.69) is 11.5 Å². The summed E-state index contributed by atoms with van der Waals surface area (Å²) in [6, 6.07) is 4.25. The van der Waals surface area contributed by atoms with Crippen molar-refractivity contribution in [2.45, 2.75) is 20.0 Å². The number of amides is 3. The van der Waals surface area contributed by atoms with Gasteiger partial charge in [-0.05, 0) is 43.3 Å². The highest BCUT2D eigenvalue weighted by molar-refractivity contribution is 5.95. The molecule has 0 atom stereocenters. The van der Waals surface area contributed by atoms with Crippen LogP contribution < -0.4 is 10.4 Å². The quantitative estimate of drug-likeness (QED) is 0.277. The van der Waals surface area contributed by atoms with Crippen LogP contribution in [0.5, 0.6) is 0 Å². The lowest BCUT2D eigenvalue weighted by Gasteiger charge is -2.37. The van der Waals surface area contributed by atoms with Crippen molar-refractivity contribution >= 4 is 17.6 Å². The van der Waals surface area contributed by atoms with Gasteiger partial charge in [0.05, 0.1) is 12.1 Å². The Balaban J connectivity index is 2.34. The summed E-state index contributed by atoms with van der Waals surface area (Å²) in [7, 11) is 0. The maximum Gasteiger partial charge on any atom is 0.416 e. The Kier molecular flexibility index (Phi) is 9.24. The van der Waals surface area contributed by atoms with Crippen LogP contribution in [0.15, 0.2) is 60.2 Å². The van der Waals surface area contributed by atoms with Crippen LogP contribution in [-0.2, 0) is 11.0 Å². The summed E-state index contributed by atoms with van der Waals surface area (Å²) in [5, 5.41) is 8.70. The Morgan fingerprint density at radius 1 is 1.21 bits per heavy atom. The number of halogens is 3. The molecule has 1 aromatic carbocycles. The molecule has 0 saturated carbocycles. The highest BCUT2D eigenvalue weighted by atomic mass is 19.4. The molecule has 1 aromatic rings. The van der Waals surface area contributed by atoms with Gasteiger partial charge < -0.3 is 9.80 Å². The van der Waals surface area contributed by atoms with Crippen molar-refractivity contribution in [3.63, 3.8) is 0 Å². The third-order valence-electron chi connectivity index (χ3n) is 5.41. The molecule has 0 aromatic heterocycles. The van der Waals surface area contributed by atoms with E-state index in [1.807, 2.05) is 6.92 Å². The summed E-state index contributed by atoms with van der Waals surface area (Å²) >= 11 is 0. The lowest BCUT2D eigenvalue weighted by molar-refractivity contribution is -0.137. The van der Waals surface area contributed by atoms with Crippen molar-refractivity contribution in [3.8, 4) is 0 Å². The third kappa shape index (κ3) is 7.19. The van der Waals surface area contributed by atoms with E-state index in [4.69, 9.17) is 5.21 Å². The molecule has 0 radical (unpaired) electrons. The van der Waals surface area contributed by atoms with E-state index in [-0.39, 0.29) is 17.8 Å². The number of anilines is 1. The zero-order valence-corrected chi connectivity index (χ0v) is 18.7. The molecule has 0 bridgehead atoms. The molecule has 3 amide bonds. The van der Waals surface area contributed by atoms with E-state index < -0.39 is 23.7 Å². The van der Waals surface area contributed by atoms with Crippen LogP contribution >= 0.6 is 0 Å². The lowest BCUT2D eigenvalue weighted by atomic mass is 10.1. The molecular formula is C23H29F3N4O3. The van der Waals surface area contributed by atoms with Crippen molar-refractivity contribution in [3.05, 3.63) is 65.8 Å². The Morgan fingerprint density at radius 3 is 2.42 bits per heavy atom. The van der Waals surface area contributed by atoms with Crippen molar-refractivity contribution < 1.29 is 28.0 Å². The fraction of sp³-hybridized carbons (Fsp3) is 0.391. The van der Waals surface area contributed by atoms with Crippen molar-refractivity contribution in [2.24, 2.45) is 0 Å². The number of alkyl halides is 3. The highest BCUT2D eigenvalue weighted by Crippen LogP contribution is 2.32. The van der Waals surface area contributed by atoms with E-state index in [0.29, 0.717) is 31.8 Å². The molecule has 1 aliphatic rings. The minimum Gasteiger partial charge on any atom is -0.322 e. The molecule has 0 unspecified atom stereocenters. The van der Waals surface area contributed by atoms with Crippen LogP contribution in [-0.4, -0.2) is 66.2 Å². The van der Waals surface area contributed by atoms with Gasteiger partial charge in [-0.1, -0.05) is 31.7 Å². The zero-order chi connectivity index (χ0) is 24.6. The van der Waals surface area contributed by atoms with Crippen molar-refractivity contribution in [2.75, 3.05) is 44.2 Å². The first-order chi connectivity index (χ1) is 15.6. The summed E-state index contributed by atoms with van der Waals surface area (Å²) in [6.07, 6.45) is 0.0237. The zero-order valence-electron chi connectivity index (χ0n) is 18.7. The monoisotopic (exact) mass is 466 g/mol. The molecule has 2 rings (SSSR count). The van der Waals surface area contributed by atoms with Gasteiger partial charge in [-0.15, -0.1) is 0 Å². The number of likely N-dealkylation sites (N-methyl/N-ethyl adjacent to an activating group) is 1. The normalized spacial score (nSPS) is 15.6. The molecular weight excluding hydrogens is 437 g/mol. The average Bonchev–Trinajstić information content (AvgIpc) is 2.82. The fourth-order valence-corrected chi connectivity index (χ4v) is 3.32. The van der Waals surface area contributed by atoms with Crippen LogP contribution in [0, 0.1) is 0 Å². The van der Waals surface area contributed by atoms with E-state index >= 15 is 0 Å². The van der Waals surface area contributed by atoms with Gasteiger partial charge >= 0.3 is 12.2 Å². The first kappa shape index (κ1) is 26.1. The molecule has 1 heterocycles. The second kappa shape index (κ2) is 11.7. The molecule has 1 aliphatic heterocycles. The number of allylic oxidation sites excluding steroid dienone is 1. The largest absolute Gasteiger partial charge is 0.416 e. The SMILES string of the molecule is C=C(/C=C\C(=C/C)CN(C(=O)N1CCN(CC)CC1)c1cccc(C(F)(F)F)c1)C(=O)NO. The van der Waals surface area contributed by atoms with Gasteiger partial charge in [0.2, 0.25) is 0 Å². The number of benzene rings is 1. The van der Waals surface area contributed by atoms with Crippen LogP contribution in [0.4, 0.5) is 23.7 Å². The smallest absolute Gasteiger partial charge is 0.322 e. The van der Waals surface area contributed by atoms with Crippen LogP contribution in [0.2, 0.25) is 0 Å². The van der Waals surface area contributed by atoms with Gasteiger partial charge in [0, 0.05) is 37.4 Å². The number of nitrogens with zero attached hydrogens (tertiary/aromatic N) is 3. The molecule has 33 heavy (non-hydrogen) atoms. The Hall–Kier alpha value is -3.11. The molecule has 180 valence electrons. The average molecular weight is 467 g/mol. The molecule has 10 heteroatoms. The van der Waals surface area contributed by atoms with Gasteiger partial charge in [-0.2, -0.15) is 13.2 Å². The van der Waals surface area contributed by atoms with E-state index in [1.54, 1.807) is 17.9 Å². The number of hydroxylamine groups is 1. The number of hydrogen-bond acceptors (Lipinski definition) is 4. The van der Waals surface area contributed by atoms with E-state index in [9.17, 15) is 22.8 Å². The fourth-order valence-electron chi connectivity index (χ4n) is 3.32. The third-order valence-corrected chi connectivity index (χ3v) is 5.41. The molecule has 1 fully saturated rings. The predicted octanol–water partition coefficient (Wildman–Crippen LogP) is 3.83. The molecule has 0 aliphatic carbocycles. The maximum absolute atomic E-state index is 13.4. The summed E-state index contributed by atoms with van der Waals surface area (Å²) in [5.41, 5.74) is 1.29. The van der Waals surface area contributed by atoms with Crippen molar-refractivity contribution in [1.29, 1.82) is 0 Å².